The molecule has 1 rings (SSSR count). The molecular formula is C6H10O2. The van der Waals surface area contributed by atoms with Crippen molar-refractivity contribution in [1.82, 2.24) is 0 Å². The molecular weight excluding hydrogens is 104 g/mol. The first-order chi connectivity index (χ1) is 3.84. The zero-order valence-corrected chi connectivity index (χ0v) is 4.71. The van der Waals surface area contributed by atoms with Crippen LogP contribution in [0.1, 0.15) is 19.3 Å². The smallest absolute Gasteiger partial charge is 0.125 e. The van der Waals surface area contributed by atoms with E-state index < -0.39 is 0 Å². The molecule has 2 atom stereocenters. The Labute approximate surface area is 48.5 Å². The first-order valence-corrected chi connectivity index (χ1v) is 2.98. The molecule has 0 heterocycles. The van der Waals surface area contributed by atoms with Crippen LogP contribution < -0.4 is 0 Å². The lowest BCUT2D eigenvalue weighted by molar-refractivity contribution is -0.113. The summed E-state index contributed by atoms with van der Waals surface area (Å²) in [6.45, 7) is 0. The van der Waals surface area contributed by atoms with Crippen LogP contribution in [0.3, 0.4) is 0 Å². The minimum atomic E-state index is -0.340. The minimum absolute atomic E-state index is 0.0602. The first kappa shape index (κ1) is 5.76. The molecule has 1 saturated carbocycles. The topological polar surface area (TPSA) is 37.3 Å². The molecule has 46 valence electrons. The van der Waals surface area contributed by atoms with Gasteiger partial charge in [0.2, 0.25) is 0 Å². The Balaban J connectivity index is 2.41. The van der Waals surface area contributed by atoms with Gasteiger partial charge in [-0.15, -0.1) is 0 Å². The van der Waals surface area contributed by atoms with E-state index in [1.165, 1.54) is 0 Å². The quantitative estimate of drug-likeness (QED) is 0.499. The molecule has 0 aromatic rings. The fourth-order valence-electron chi connectivity index (χ4n) is 1.13. The van der Waals surface area contributed by atoms with Crippen molar-refractivity contribution in [2.24, 2.45) is 5.92 Å². The first-order valence-electron chi connectivity index (χ1n) is 2.98. The van der Waals surface area contributed by atoms with Crippen LogP contribution in [0, 0.1) is 5.92 Å². The molecule has 0 unspecified atom stereocenters. The van der Waals surface area contributed by atoms with E-state index in [1.54, 1.807) is 0 Å². The monoisotopic (exact) mass is 114 g/mol. The van der Waals surface area contributed by atoms with Gasteiger partial charge in [-0.1, -0.05) is 6.42 Å². The summed E-state index contributed by atoms with van der Waals surface area (Å²) in [5.74, 6) is -0.0602. The van der Waals surface area contributed by atoms with Gasteiger partial charge < -0.3 is 9.90 Å². The normalized spacial score (nSPS) is 37.6. The van der Waals surface area contributed by atoms with Crippen LogP contribution in [0.25, 0.3) is 0 Å². The van der Waals surface area contributed by atoms with Gasteiger partial charge in [-0.25, -0.2) is 0 Å². The summed E-state index contributed by atoms with van der Waals surface area (Å²) < 4.78 is 0. The van der Waals surface area contributed by atoms with Crippen molar-refractivity contribution in [1.29, 1.82) is 0 Å². The molecule has 0 aromatic carbocycles. The number of aliphatic hydroxyl groups is 1. The molecule has 0 amide bonds. The summed E-state index contributed by atoms with van der Waals surface area (Å²) >= 11 is 0. The van der Waals surface area contributed by atoms with Gasteiger partial charge in [0.1, 0.15) is 6.29 Å². The molecule has 0 bridgehead atoms. The molecule has 1 aliphatic carbocycles. The Morgan fingerprint density at radius 1 is 1.50 bits per heavy atom. The van der Waals surface area contributed by atoms with Crippen molar-refractivity contribution in [3.8, 4) is 0 Å². The van der Waals surface area contributed by atoms with Crippen molar-refractivity contribution < 1.29 is 9.90 Å². The lowest BCUT2D eigenvalue weighted by atomic mass is 10.1. The summed E-state index contributed by atoms with van der Waals surface area (Å²) in [6.07, 6.45) is 3.21. The maximum Gasteiger partial charge on any atom is 0.125 e. The highest BCUT2D eigenvalue weighted by Gasteiger charge is 2.23. The highest BCUT2D eigenvalue weighted by molar-refractivity contribution is 5.54. The molecule has 0 aliphatic heterocycles. The summed E-state index contributed by atoms with van der Waals surface area (Å²) in [7, 11) is 0. The third kappa shape index (κ3) is 0.892. The number of aliphatic hydroxyl groups excluding tert-OH is 1. The van der Waals surface area contributed by atoms with Gasteiger partial charge in [0, 0.05) is 5.92 Å². The second-order valence-electron chi connectivity index (χ2n) is 2.30. The number of carbonyl (C=O) groups excluding carboxylic acids is 1. The zero-order valence-electron chi connectivity index (χ0n) is 4.71. The third-order valence-electron chi connectivity index (χ3n) is 1.71. The summed E-state index contributed by atoms with van der Waals surface area (Å²) in [6, 6.07) is 0. The standard InChI is InChI=1S/C6H10O2/c7-4-5-2-1-3-6(5)8/h4-6,8H,1-3H2/t5-,6-/m1/s1. The van der Waals surface area contributed by atoms with E-state index >= 15 is 0 Å². The highest BCUT2D eigenvalue weighted by Crippen LogP contribution is 2.22. The van der Waals surface area contributed by atoms with Crippen molar-refractivity contribution in [2.45, 2.75) is 25.4 Å². The second-order valence-corrected chi connectivity index (χ2v) is 2.30. The Morgan fingerprint density at radius 3 is 2.50 bits per heavy atom. The molecule has 1 aliphatic rings. The number of hydrogen-bond donors (Lipinski definition) is 1. The molecule has 1 N–H and O–H groups in total. The van der Waals surface area contributed by atoms with Crippen LogP contribution in [0.5, 0.6) is 0 Å². The van der Waals surface area contributed by atoms with Crippen LogP contribution >= 0.6 is 0 Å². The Hall–Kier alpha value is -0.370. The van der Waals surface area contributed by atoms with Crippen LogP contribution in [0.15, 0.2) is 0 Å². The number of carbonyl (C=O) groups is 1. The van der Waals surface area contributed by atoms with Gasteiger partial charge in [0.15, 0.2) is 0 Å². The van der Waals surface area contributed by atoms with E-state index in [2.05, 4.69) is 0 Å². The minimum Gasteiger partial charge on any atom is -0.392 e. The molecule has 2 nitrogen and oxygen atoms in total. The second kappa shape index (κ2) is 2.27. The van der Waals surface area contributed by atoms with Gasteiger partial charge in [-0.3, -0.25) is 0 Å². The van der Waals surface area contributed by atoms with Crippen molar-refractivity contribution >= 4 is 6.29 Å². The van der Waals surface area contributed by atoms with Crippen LogP contribution in [-0.2, 0) is 4.79 Å². The predicted octanol–water partition coefficient (Wildman–Crippen LogP) is 0.346. The molecule has 2 heteroatoms. The van der Waals surface area contributed by atoms with Crippen LogP contribution in [0.2, 0.25) is 0 Å². The average Bonchev–Trinajstić information content (AvgIpc) is 2.14. The van der Waals surface area contributed by atoms with Gasteiger partial charge >= 0.3 is 0 Å². The van der Waals surface area contributed by atoms with E-state index in [-0.39, 0.29) is 12.0 Å². The van der Waals surface area contributed by atoms with Gasteiger partial charge in [0.25, 0.3) is 0 Å². The fraction of sp³-hybridized carbons (Fsp3) is 0.833. The SMILES string of the molecule is O=C[C@H]1CCC[C@H]1O. The van der Waals surface area contributed by atoms with E-state index in [0.29, 0.717) is 0 Å². The van der Waals surface area contributed by atoms with Crippen LogP contribution in [-0.4, -0.2) is 17.5 Å². The van der Waals surface area contributed by atoms with E-state index in [9.17, 15) is 4.79 Å². The van der Waals surface area contributed by atoms with Gasteiger partial charge in [-0.05, 0) is 12.8 Å². The summed E-state index contributed by atoms with van der Waals surface area (Å²) in [5, 5.41) is 8.96. The van der Waals surface area contributed by atoms with Gasteiger partial charge in [-0.2, -0.15) is 0 Å². The third-order valence-corrected chi connectivity index (χ3v) is 1.71. The Morgan fingerprint density at radius 2 is 2.25 bits per heavy atom. The predicted molar refractivity (Wildman–Crippen MR) is 29.4 cm³/mol. The fourth-order valence-corrected chi connectivity index (χ4v) is 1.13. The lowest BCUT2D eigenvalue weighted by Gasteiger charge is -2.02. The molecule has 8 heavy (non-hydrogen) atoms. The number of rotatable bonds is 1. The lowest BCUT2D eigenvalue weighted by Crippen LogP contribution is -2.13. The van der Waals surface area contributed by atoms with E-state index in [0.717, 1.165) is 25.5 Å². The Kier molecular flexibility index (Phi) is 1.63. The largest absolute Gasteiger partial charge is 0.392 e. The van der Waals surface area contributed by atoms with Crippen molar-refractivity contribution in [2.75, 3.05) is 0 Å². The average molecular weight is 114 g/mol. The summed E-state index contributed by atoms with van der Waals surface area (Å²) in [4.78, 5) is 10.1. The Bertz CT molecular complexity index is 90.5. The summed E-state index contributed by atoms with van der Waals surface area (Å²) in [5.41, 5.74) is 0. The highest BCUT2D eigenvalue weighted by atomic mass is 16.3. The van der Waals surface area contributed by atoms with E-state index in [4.69, 9.17) is 5.11 Å². The van der Waals surface area contributed by atoms with Crippen LogP contribution in [0.4, 0.5) is 0 Å². The molecule has 1 fully saturated rings. The maximum atomic E-state index is 10.1. The number of aldehydes is 1. The molecule has 0 saturated heterocycles. The zero-order chi connectivity index (χ0) is 5.98. The molecule has 0 aromatic heterocycles. The van der Waals surface area contributed by atoms with Crippen molar-refractivity contribution in [3.63, 3.8) is 0 Å². The van der Waals surface area contributed by atoms with E-state index in [1.807, 2.05) is 0 Å². The maximum absolute atomic E-state index is 10.1. The van der Waals surface area contributed by atoms with Crippen molar-refractivity contribution in [3.05, 3.63) is 0 Å². The number of hydrogen-bond acceptors (Lipinski definition) is 2. The molecule has 0 radical (unpaired) electrons. The van der Waals surface area contributed by atoms with Gasteiger partial charge in [0.05, 0.1) is 6.10 Å². The molecule has 0 spiro atoms.